The van der Waals surface area contributed by atoms with Crippen molar-refractivity contribution in [1.29, 1.82) is 0 Å². The molecule has 3 atom stereocenters. The van der Waals surface area contributed by atoms with Crippen LogP contribution in [0.4, 0.5) is 4.79 Å². The zero-order chi connectivity index (χ0) is 19.8. The van der Waals surface area contributed by atoms with Crippen molar-refractivity contribution in [3.63, 3.8) is 0 Å². The number of nitrogens with two attached hydrogens (primary N) is 1. The lowest BCUT2D eigenvalue weighted by Gasteiger charge is -2.29. The van der Waals surface area contributed by atoms with Crippen molar-refractivity contribution >= 4 is 18.0 Å². The minimum absolute atomic E-state index is 0.131. The van der Waals surface area contributed by atoms with Crippen LogP contribution in [0.2, 0.25) is 0 Å². The SMILES string of the molecule is CC(C)(C)OC(=O)N1[C@H]2C[C@@]2(CC(N)=O)C[C@H]1C(=O)OCc1ccccc1. The Kier molecular flexibility index (Phi) is 4.88. The van der Waals surface area contributed by atoms with E-state index in [1.54, 1.807) is 20.8 Å². The number of esters is 1. The van der Waals surface area contributed by atoms with Crippen LogP contribution in [0.5, 0.6) is 0 Å². The molecule has 1 aliphatic heterocycles. The first-order valence-electron chi connectivity index (χ1n) is 9.11. The van der Waals surface area contributed by atoms with Crippen molar-refractivity contribution in [3.8, 4) is 0 Å². The van der Waals surface area contributed by atoms with Gasteiger partial charge >= 0.3 is 12.1 Å². The fourth-order valence-electron chi connectivity index (χ4n) is 3.84. The average molecular weight is 374 g/mol. The molecule has 2 N–H and O–H groups in total. The summed E-state index contributed by atoms with van der Waals surface area (Å²) in [6, 6.07) is 8.36. The molecule has 146 valence electrons. The lowest BCUT2D eigenvalue weighted by molar-refractivity contribution is -0.151. The van der Waals surface area contributed by atoms with Gasteiger partial charge in [-0.05, 0) is 39.2 Å². The number of hydrogen-bond acceptors (Lipinski definition) is 5. The van der Waals surface area contributed by atoms with Crippen LogP contribution in [-0.4, -0.2) is 40.6 Å². The monoisotopic (exact) mass is 374 g/mol. The number of carbonyl (C=O) groups is 3. The van der Waals surface area contributed by atoms with Crippen molar-refractivity contribution in [2.24, 2.45) is 11.1 Å². The molecule has 1 heterocycles. The van der Waals surface area contributed by atoms with Gasteiger partial charge in [0.25, 0.3) is 0 Å². The van der Waals surface area contributed by atoms with Gasteiger partial charge < -0.3 is 15.2 Å². The summed E-state index contributed by atoms with van der Waals surface area (Å²) in [5.74, 6) is -0.916. The number of benzene rings is 1. The normalized spacial score (nSPS) is 26.3. The first-order chi connectivity index (χ1) is 12.6. The van der Waals surface area contributed by atoms with Crippen LogP contribution in [-0.2, 0) is 25.7 Å². The lowest BCUT2D eigenvalue weighted by atomic mass is 9.95. The van der Waals surface area contributed by atoms with Gasteiger partial charge in [0, 0.05) is 17.9 Å². The van der Waals surface area contributed by atoms with Crippen LogP contribution in [0.25, 0.3) is 0 Å². The Morgan fingerprint density at radius 2 is 1.85 bits per heavy atom. The molecule has 0 aromatic heterocycles. The highest BCUT2D eigenvalue weighted by Gasteiger charge is 2.68. The van der Waals surface area contributed by atoms with Gasteiger partial charge in [0.1, 0.15) is 18.2 Å². The second kappa shape index (κ2) is 6.87. The van der Waals surface area contributed by atoms with E-state index < -0.39 is 35.0 Å². The first kappa shape index (κ1) is 19.2. The Labute approximate surface area is 158 Å². The summed E-state index contributed by atoms with van der Waals surface area (Å²) in [5.41, 5.74) is 5.13. The van der Waals surface area contributed by atoms with Crippen LogP contribution in [0.1, 0.15) is 45.6 Å². The van der Waals surface area contributed by atoms with E-state index >= 15 is 0 Å². The molecule has 27 heavy (non-hydrogen) atoms. The molecule has 1 aromatic rings. The third kappa shape index (κ3) is 4.23. The van der Waals surface area contributed by atoms with E-state index in [-0.39, 0.29) is 19.1 Å². The maximum atomic E-state index is 12.7. The molecule has 0 radical (unpaired) electrons. The summed E-state index contributed by atoms with van der Waals surface area (Å²) >= 11 is 0. The number of nitrogens with zero attached hydrogens (tertiary/aromatic N) is 1. The molecule has 7 heteroatoms. The van der Waals surface area contributed by atoms with Crippen LogP contribution in [0.15, 0.2) is 30.3 Å². The van der Waals surface area contributed by atoms with Crippen molar-refractivity contribution in [2.45, 2.75) is 64.3 Å². The predicted octanol–water partition coefficient (Wildman–Crippen LogP) is 2.37. The molecule has 1 saturated carbocycles. The third-order valence-corrected chi connectivity index (χ3v) is 5.04. The highest BCUT2D eigenvalue weighted by atomic mass is 16.6. The highest BCUT2D eigenvalue weighted by molar-refractivity contribution is 5.85. The predicted molar refractivity (Wildman–Crippen MR) is 97.4 cm³/mol. The van der Waals surface area contributed by atoms with Crippen LogP contribution >= 0.6 is 0 Å². The Balaban J connectivity index is 1.73. The maximum Gasteiger partial charge on any atom is 0.411 e. The second-order valence-corrected chi connectivity index (χ2v) is 8.43. The van der Waals surface area contributed by atoms with Gasteiger partial charge in [-0.3, -0.25) is 9.69 Å². The van der Waals surface area contributed by atoms with Crippen molar-refractivity contribution in [2.75, 3.05) is 0 Å². The summed E-state index contributed by atoms with van der Waals surface area (Å²) in [5, 5.41) is 0. The van der Waals surface area contributed by atoms with E-state index in [1.807, 2.05) is 30.3 Å². The van der Waals surface area contributed by atoms with Gasteiger partial charge in [0.2, 0.25) is 5.91 Å². The van der Waals surface area contributed by atoms with E-state index in [9.17, 15) is 14.4 Å². The van der Waals surface area contributed by atoms with Gasteiger partial charge in [-0.25, -0.2) is 9.59 Å². The number of carbonyl (C=O) groups excluding carboxylic acids is 3. The molecule has 1 aliphatic carbocycles. The molecular formula is C20H26N2O5. The van der Waals surface area contributed by atoms with Crippen LogP contribution in [0.3, 0.4) is 0 Å². The van der Waals surface area contributed by atoms with E-state index in [1.165, 1.54) is 4.90 Å². The number of piperidine rings is 1. The largest absolute Gasteiger partial charge is 0.459 e. The number of hydrogen-bond donors (Lipinski definition) is 1. The number of likely N-dealkylation sites (tertiary alicyclic amines) is 1. The topological polar surface area (TPSA) is 98.9 Å². The molecule has 2 fully saturated rings. The molecule has 1 saturated heterocycles. The van der Waals surface area contributed by atoms with E-state index in [0.717, 1.165) is 5.56 Å². The molecule has 0 unspecified atom stereocenters. The zero-order valence-corrected chi connectivity index (χ0v) is 15.9. The molecular weight excluding hydrogens is 348 g/mol. The maximum absolute atomic E-state index is 12.7. The number of primary amides is 1. The van der Waals surface area contributed by atoms with E-state index in [0.29, 0.717) is 12.8 Å². The van der Waals surface area contributed by atoms with Gasteiger partial charge in [0.15, 0.2) is 0 Å². The number of ether oxygens (including phenoxy) is 2. The summed E-state index contributed by atoms with van der Waals surface area (Å²) in [6.45, 7) is 5.44. The van der Waals surface area contributed by atoms with Gasteiger partial charge in [-0.15, -0.1) is 0 Å². The smallest absolute Gasteiger partial charge is 0.411 e. The zero-order valence-electron chi connectivity index (χ0n) is 15.9. The first-order valence-corrected chi connectivity index (χ1v) is 9.11. The molecule has 0 bridgehead atoms. The van der Waals surface area contributed by atoms with Gasteiger partial charge in [0.05, 0.1) is 0 Å². The Morgan fingerprint density at radius 1 is 1.19 bits per heavy atom. The van der Waals surface area contributed by atoms with E-state index in [4.69, 9.17) is 15.2 Å². The third-order valence-electron chi connectivity index (χ3n) is 5.04. The fourth-order valence-corrected chi connectivity index (χ4v) is 3.84. The Bertz CT molecular complexity index is 742. The summed E-state index contributed by atoms with van der Waals surface area (Å²) < 4.78 is 10.9. The standard InChI is InChI=1S/C20H26N2O5/c1-19(2,3)27-18(25)22-14(9-20(10-15(20)22)11-16(21)23)17(24)26-12-13-7-5-4-6-8-13/h4-8,14-15H,9-12H2,1-3H3,(H2,21,23)/t14-,15-,20+/m0/s1. The quantitative estimate of drug-likeness (QED) is 0.798. The second-order valence-electron chi connectivity index (χ2n) is 8.43. The summed E-state index contributed by atoms with van der Waals surface area (Å²) in [4.78, 5) is 38.3. The Hall–Kier alpha value is -2.57. The molecule has 2 amide bonds. The highest BCUT2D eigenvalue weighted by Crippen LogP contribution is 2.62. The van der Waals surface area contributed by atoms with Crippen molar-refractivity contribution in [1.82, 2.24) is 4.90 Å². The average Bonchev–Trinajstić information content (AvgIpc) is 3.14. The fraction of sp³-hybridized carbons (Fsp3) is 0.550. The molecule has 3 rings (SSSR count). The minimum atomic E-state index is -0.762. The van der Waals surface area contributed by atoms with E-state index in [2.05, 4.69) is 0 Å². The summed E-state index contributed by atoms with van der Waals surface area (Å²) in [6.07, 6.45) is 0.614. The number of amides is 2. The van der Waals surface area contributed by atoms with Crippen LogP contribution in [0, 0.1) is 5.41 Å². The molecule has 1 aromatic carbocycles. The van der Waals surface area contributed by atoms with Gasteiger partial charge in [-0.1, -0.05) is 30.3 Å². The van der Waals surface area contributed by atoms with Crippen molar-refractivity contribution < 1.29 is 23.9 Å². The van der Waals surface area contributed by atoms with Gasteiger partial charge in [-0.2, -0.15) is 0 Å². The number of rotatable bonds is 5. The summed E-state index contributed by atoms with van der Waals surface area (Å²) in [7, 11) is 0. The lowest BCUT2D eigenvalue weighted by Crippen LogP contribution is -2.46. The molecule has 7 nitrogen and oxygen atoms in total. The number of fused-ring (bicyclic) bond motifs is 1. The van der Waals surface area contributed by atoms with Crippen molar-refractivity contribution in [3.05, 3.63) is 35.9 Å². The minimum Gasteiger partial charge on any atom is -0.459 e. The molecule has 2 aliphatic rings. The Morgan fingerprint density at radius 3 is 2.44 bits per heavy atom. The molecule has 0 spiro atoms. The van der Waals surface area contributed by atoms with Crippen LogP contribution < -0.4 is 5.73 Å².